The molecule has 0 radical (unpaired) electrons. The summed E-state index contributed by atoms with van der Waals surface area (Å²) in [5, 5.41) is 0.754. The molecule has 0 amide bonds. The predicted octanol–water partition coefficient (Wildman–Crippen LogP) is 6.51. The van der Waals surface area contributed by atoms with Gasteiger partial charge in [0.2, 0.25) is 0 Å². The molecule has 0 atom stereocenters. The van der Waals surface area contributed by atoms with Crippen LogP contribution in [0, 0.1) is 0 Å². The summed E-state index contributed by atoms with van der Waals surface area (Å²) >= 11 is 0. The van der Waals surface area contributed by atoms with Crippen LogP contribution in [0.15, 0.2) is 108 Å². The van der Waals surface area contributed by atoms with Crippen molar-refractivity contribution in [2.75, 3.05) is 18.9 Å². The summed E-state index contributed by atoms with van der Waals surface area (Å²) in [5.41, 5.74) is 3.08. The zero-order chi connectivity index (χ0) is 25.8. The SMILES string of the molecule is COc1cc2nccc(Oc3ccc(NS(=O)(=O)c4ccc(-c5ccccc5)cc4)cc3)c2cc1OC. The van der Waals surface area contributed by atoms with E-state index < -0.39 is 10.0 Å². The summed E-state index contributed by atoms with van der Waals surface area (Å²) in [6.45, 7) is 0. The van der Waals surface area contributed by atoms with E-state index in [2.05, 4.69) is 9.71 Å². The molecule has 0 aliphatic heterocycles. The van der Waals surface area contributed by atoms with Crippen molar-refractivity contribution in [3.05, 3.63) is 103 Å². The van der Waals surface area contributed by atoms with Gasteiger partial charge in [-0.3, -0.25) is 9.71 Å². The lowest BCUT2D eigenvalue weighted by atomic mass is 10.1. The van der Waals surface area contributed by atoms with Gasteiger partial charge in [-0.2, -0.15) is 0 Å². The average Bonchev–Trinajstić information content (AvgIpc) is 2.94. The van der Waals surface area contributed by atoms with Crippen molar-refractivity contribution in [2.24, 2.45) is 0 Å². The van der Waals surface area contributed by atoms with Gasteiger partial charge in [0.05, 0.1) is 24.6 Å². The Morgan fingerprint density at radius 1 is 0.703 bits per heavy atom. The molecule has 0 fully saturated rings. The van der Waals surface area contributed by atoms with Crippen LogP contribution < -0.4 is 18.9 Å². The van der Waals surface area contributed by atoms with E-state index in [4.69, 9.17) is 14.2 Å². The number of nitrogens with one attached hydrogen (secondary N) is 1. The lowest BCUT2D eigenvalue weighted by molar-refractivity contribution is 0.355. The largest absolute Gasteiger partial charge is 0.493 e. The van der Waals surface area contributed by atoms with Gasteiger partial charge in [-0.05, 0) is 59.7 Å². The Morgan fingerprint density at radius 3 is 2.03 bits per heavy atom. The molecule has 1 N–H and O–H groups in total. The highest BCUT2D eigenvalue weighted by Crippen LogP contribution is 2.37. The van der Waals surface area contributed by atoms with E-state index in [0.29, 0.717) is 34.2 Å². The molecule has 1 aromatic heterocycles. The number of rotatable bonds is 8. The topological polar surface area (TPSA) is 86.8 Å². The number of sulfonamides is 1. The van der Waals surface area contributed by atoms with Crippen LogP contribution in [-0.4, -0.2) is 27.6 Å². The number of anilines is 1. The maximum absolute atomic E-state index is 12.9. The highest BCUT2D eigenvalue weighted by molar-refractivity contribution is 7.92. The van der Waals surface area contributed by atoms with Gasteiger partial charge in [-0.15, -0.1) is 0 Å². The van der Waals surface area contributed by atoms with Crippen molar-refractivity contribution < 1.29 is 22.6 Å². The van der Waals surface area contributed by atoms with Crippen LogP contribution in [0.25, 0.3) is 22.0 Å². The second kappa shape index (κ2) is 10.2. The molecule has 7 nitrogen and oxygen atoms in total. The molecular weight excluding hydrogens is 488 g/mol. The zero-order valence-electron chi connectivity index (χ0n) is 20.2. The molecule has 186 valence electrons. The second-order valence-electron chi connectivity index (χ2n) is 8.16. The molecule has 37 heavy (non-hydrogen) atoms. The molecule has 0 aliphatic carbocycles. The minimum Gasteiger partial charge on any atom is -0.493 e. The fraction of sp³-hybridized carbons (Fsp3) is 0.0690. The van der Waals surface area contributed by atoms with Crippen molar-refractivity contribution in [1.29, 1.82) is 0 Å². The van der Waals surface area contributed by atoms with Crippen LogP contribution in [0.3, 0.4) is 0 Å². The lowest BCUT2D eigenvalue weighted by Gasteiger charge is -2.13. The van der Waals surface area contributed by atoms with E-state index in [1.165, 1.54) is 0 Å². The van der Waals surface area contributed by atoms with Crippen molar-refractivity contribution in [3.63, 3.8) is 0 Å². The Balaban J connectivity index is 1.33. The van der Waals surface area contributed by atoms with Gasteiger partial charge in [0, 0.05) is 23.3 Å². The Labute approximate surface area is 215 Å². The van der Waals surface area contributed by atoms with Crippen LogP contribution in [0.1, 0.15) is 0 Å². The first-order chi connectivity index (χ1) is 18.0. The minimum atomic E-state index is -3.75. The highest BCUT2D eigenvalue weighted by Gasteiger charge is 2.15. The first-order valence-corrected chi connectivity index (χ1v) is 12.9. The summed E-state index contributed by atoms with van der Waals surface area (Å²) in [6, 6.07) is 28.6. The number of ether oxygens (including phenoxy) is 3. The van der Waals surface area contributed by atoms with Crippen molar-refractivity contribution in [2.45, 2.75) is 4.90 Å². The van der Waals surface area contributed by atoms with Crippen LogP contribution in [-0.2, 0) is 10.0 Å². The molecule has 5 aromatic rings. The third-order valence-corrected chi connectivity index (χ3v) is 7.21. The average molecular weight is 513 g/mol. The first-order valence-electron chi connectivity index (χ1n) is 11.4. The lowest BCUT2D eigenvalue weighted by Crippen LogP contribution is -2.12. The standard InChI is InChI=1S/C29H24N2O5S/c1-34-28-18-25-26(19-29(28)35-2)30-17-16-27(25)36-23-12-10-22(11-13-23)31-37(32,33)24-14-8-21(9-15-24)20-6-4-3-5-7-20/h3-19,31H,1-2H3. The Kier molecular flexibility index (Phi) is 6.66. The van der Waals surface area contributed by atoms with Gasteiger partial charge in [-0.1, -0.05) is 42.5 Å². The molecule has 1 heterocycles. The normalized spacial score (nSPS) is 11.2. The van der Waals surface area contributed by atoms with Gasteiger partial charge in [0.15, 0.2) is 11.5 Å². The first kappa shape index (κ1) is 24.1. The predicted molar refractivity (Wildman–Crippen MR) is 144 cm³/mol. The van der Waals surface area contributed by atoms with E-state index in [9.17, 15) is 8.42 Å². The monoisotopic (exact) mass is 512 g/mol. The Hall–Kier alpha value is -4.56. The fourth-order valence-electron chi connectivity index (χ4n) is 3.93. The third-order valence-electron chi connectivity index (χ3n) is 5.81. The maximum atomic E-state index is 12.9. The molecule has 0 bridgehead atoms. The Bertz CT molecular complexity index is 1640. The number of nitrogens with zero attached hydrogens (tertiary/aromatic N) is 1. The number of hydrogen-bond donors (Lipinski definition) is 1. The molecule has 0 aliphatic rings. The van der Waals surface area contributed by atoms with E-state index in [1.807, 2.05) is 36.4 Å². The number of pyridine rings is 1. The third kappa shape index (κ3) is 5.19. The van der Waals surface area contributed by atoms with E-state index in [-0.39, 0.29) is 4.90 Å². The molecule has 0 saturated carbocycles. The number of benzene rings is 4. The van der Waals surface area contributed by atoms with Gasteiger partial charge >= 0.3 is 0 Å². The molecule has 0 unspecified atom stereocenters. The van der Waals surface area contributed by atoms with E-state index >= 15 is 0 Å². The summed E-state index contributed by atoms with van der Waals surface area (Å²) in [4.78, 5) is 4.56. The van der Waals surface area contributed by atoms with Crippen molar-refractivity contribution in [3.8, 4) is 34.1 Å². The number of aromatic nitrogens is 1. The van der Waals surface area contributed by atoms with Crippen LogP contribution in [0.5, 0.6) is 23.0 Å². The Morgan fingerprint density at radius 2 is 1.35 bits per heavy atom. The molecule has 5 rings (SSSR count). The van der Waals surface area contributed by atoms with E-state index in [0.717, 1.165) is 16.5 Å². The fourth-order valence-corrected chi connectivity index (χ4v) is 4.98. The minimum absolute atomic E-state index is 0.181. The van der Waals surface area contributed by atoms with E-state index in [1.54, 1.807) is 81.1 Å². The number of methoxy groups -OCH3 is 2. The summed E-state index contributed by atoms with van der Waals surface area (Å²) in [6.07, 6.45) is 1.65. The van der Waals surface area contributed by atoms with Crippen LogP contribution >= 0.6 is 0 Å². The molecule has 0 spiro atoms. The van der Waals surface area contributed by atoms with Crippen LogP contribution in [0.4, 0.5) is 5.69 Å². The summed E-state index contributed by atoms with van der Waals surface area (Å²) in [5.74, 6) is 2.26. The van der Waals surface area contributed by atoms with Gasteiger partial charge in [0.1, 0.15) is 11.5 Å². The van der Waals surface area contributed by atoms with Gasteiger partial charge in [-0.25, -0.2) is 8.42 Å². The smallest absolute Gasteiger partial charge is 0.261 e. The molecular formula is C29H24N2O5S. The maximum Gasteiger partial charge on any atom is 0.261 e. The van der Waals surface area contributed by atoms with Crippen molar-refractivity contribution >= 4 is 26.6 Å². The zero-order valence-corrected chi connectivity index (χ0v) is 21.0. The summed E-state index contributed by atoms with van der Waals surface area (Å²) in [7, 11) is -0.615. The van der Waals surface area contributed by atoms with Gasteiger partial charge in [0.25, 0.3) is 10.0 Å². The highest BCUT2D eigenvalue weighted by atomic mass is 32.2. The molecule has 4 aromatic carbocycles. The van der Waals surface area contributed by atoms with Crippen LogP contribution in [0.2, 0.25) is 0 Å². The van der Waals surface area contributed by atoms with Crippen molar-refractivity contribution in [1.82, 2.24) is 4.98 Å². The molecule has 0 saturated heterocycles. The number of fused-ring (bicyclic) bond motifs is 1. The van der Waals surface area contributed by atoms with Gasteiger partial charge < -0.3 is 14.2 Å². The second-order valence-corrected chi connectivity index (χ2v) is 9.84. The quantitative estimate of drug-likeness (QED) is 0.255. The number of hydrogen-bond acceptors (Lipinski definition) is 6. The molecule has 8 heteroatoms. The summed E-state index contributed by atoms with van der Waals surface area (Å²) < 4.78 is 45.3.